The minimum absolute atomic E-state index is 1.10. The van der Waals surface area contributed by atoms with Crippen LogP contribution in [0.3, 0.4) is 0 Å². The van der Waals surface area contributed by atoms with Gasteiger partial charge in [-0.25, -0.2) is 0 Å². The zero-order chi connectivity index (χ0) is 33.3. The number of anilines is 3. The fraction of sp³-hybridized carbons (Fsp3) is 0. The van der Waals surface area contributed by atoms with E-state index in [1.54, 1.807) is 0 Å². The maximum atomic E-state index is 2.41. The largest absolute Gasteiger partial charge is 0.310 e. The van der Waals surface area contributed by atoms with Crippen molar-refractivity contribution >= 4 is 38.9 Å². The van der Waals surface area contributed by atoms with Gasteiger partial charge in [0.25, 0.3) is 0 Å². The van der Waals surface area contributed by atoms with E-state index >= 15 is 0 Å². The number of para-hydroxylation sites is 3. The van der Waals surface area contributed by atoms with Gasteiger partial charge in [-0.3, -0.25) is 0 Å². The van der Waals surface area contributed by atoms with Crippen molar-refractivity contribution in [1.29, 1.82) is 0 Å². The third-order valence-corrected chi connectivity index (χ3v) is 9.57. The molecule has 1 aromatic heterocycles. The van der Waals surface area contributed by atoms with Crippen LogP contribution in [-0.4, -0.2) is 4.57 Å². The Morgan fingerprint density at radius 3 is 1.50 bits per heavy atom. The summed E-state index contributed by atoms with van der Waals surface area (Å²) in [6.45, 7) is 0. The quantitative estimate of drug-likeness (QED) is 0.169. The van der Waals surface area contributed by atoms with Gasteiger partial charge in [-0.05, 0) is 82.4 Å². The second-order valence-corrected chi connectivity index (χ2v) is 12.6. The highest BCUT2D eigenvalue weighted by Gasteiger charge is 2.20. The molecule has 0 spiro atoms. The van der Waals surface area contributed by atoms with Crippen molar-refractivity contribution < 1.29 is 0 Å². The molecule has 0 fully saturated rings. The molecule has 1 heterocycles. The maximum absolute atomic E-state index is 2.41. The fourth-order valence-electron chi connectivity index (χ4n) is 7.24. The minimum atomic E-state index is 1.10. The van der Waals surface area contributed by atoms with Crippen LogP contribution < -0.4 is 4.90 Å². The minimum Gasteiger partial charge on any atom is -0.310 e. The molecule has 0 bridgehead atoms. The van der Waals surface area contributed by atoms with E-state index in [9.17, 15) is 0 Å². The molecule has 2 nitrogen and oxygen atoms in total. The van der Waals surface area contributed by atoms with Gasteiger partial charge in [0.05, 0.1) is 16.7 Å². The molecule has 0 N–H and O–H groups in total. The standard InChI is InChI=1S/C48H34N2/c1-4-16-35(17-5-1)37-20-14-24-41(32-37)49(42-25-15-21-38(33-42)36-18-6-2-7-19-36)46-28-12-10-26-43(46)39-30-31-45-44-27-11-13-29-47(44)50(48(45)34-39)40-22-8-3-9-23-40/h1-34H. The van der Waals surface area contributed by atoms with Crippen LogP contribution in [-0.2, 0) is 0 Å². The molecule has 50 heavy (non-hydrogen) atoms. The van der Waals surface area contributed by atoms with E-state index in [0.29, 0.717) is 0 Å². The van der Waals surface area contributed by atoms with E-state index in [2.05, 4.69) is 216 Å². The molecule has 9 rings (SSSR count). The van der Waals surface area contributed by atoms with Crippen LogP contribution in [0.25, 0.3) is 60.9 Å². The lowest BCUT2D eigenvalue weighted by Gasteiger charge is -2.29. The van der Waals surface area contributed by atoms with Crippen LogP contribution in [0.15, 0.2) is 206 Å². The molecule has 0 unspecified atom stereocenters. The Morgan fingerprint density at radius 2 is 0.840 bits per heavy atom. The van der Waals surface area contributed by atoms with E-state index < -0.39 is 0 Å². The Morgan fingerprint density at radius 1 is 0.320 bits per heavy atom. The van der Waals surface area contributed by atoms with Gasteiger partial charge in [0, 0.05) is 33.4 Å². The molecule has 0 saturated carbocycles. The molecular weight excluding hydrogens is 605 g/mol. The van der Waals surface area contributed by atoms with Crippen LogP contribution in [0.4, 0.5) is 17.1 Å². The van der Waals surface area contributed by atoms with Crippen molar-refractivity contribution in [3.05, 3.63) is 206 Å². The number of nitrogens with zero attached hydrogens (tertiary/aromatic N) is 2. The predicted molar refractivity (Wildman–Crippen MR) is 212 cm³/mol. The van der Waals surface area contributed by atoms with Crippen LogP contribution in [0.1, 0.15) is 0 Å². The summed E-state index contributed by atoms with van der Waals surface area (Å²) in [5.74, 6) is 0. The summed E-state index contributed by atoms with van der Waals surface area (Å²) in [4.78, 5) is 2.41. The average molecular weight is 639 g/mol. The smallest absolute Gasteiger partial charge is 0.0547 e. The molecule has 9 aromatic rings. The Bertz CT molecular complexity index is 2500. The van der Waals surface area contributed by atoms with E-state index in [-0.39, 0.29) is 0 Å². The van der Waals surface area contributed by atoms with Gasteiger partial charge in [-0.1, -0.05) is 152 Å². The molecule has 236 valence electrons. The summed E-state index contributed by atoms with van der Waals surface area (Å²) in [6.07, 6.45) is 0. The highest BCUT2D eigenvalue weighted by atomic mass is 15.1. The Hall–Kier alpha value is -6.64. The van der Waals surface area contributed by atoms with Gasteiger partial charge in [-0.15, -0.1) is 0 Å². The zero-order valence-electron chi connectivity index (χ0n) is 27.5. The number of benzene rings is 8. The molecule has 8 aromatic carbocycles. The third kappa shape index (κ3) is 5.34. The van der Waals surface area contributed by atoms with Gasteiger partial charge in [0.15, 0.2) is 0 Å². The summed E-state index contributed by atoms with van der Waals surface area (Å²) in [7, 11) is 0. The summed E-state index contributed by atoms with van der Waals surface area (Å²) in [6, 6.07) is 74.1. The summed E-state index contributed by atoms with van der Waals surface area (Å²) < 4.78 is 2.39. The predicted octanol–water partition coefficient (Wildman–Crippen LogP) is 13.3. The SMILES string of the molecule is c1ccc(-c2cccc(N(c3cccc(-c4ccccc4)c3)c3ccccc3-c3ccc4c5ccccc5n(-c5ccccc5)c4c3)c2)cc1. The average Bonchev–Trinajstić information content (AvgIpc) is 3.53. The molecule has 0 aliphatic rings. The first-order valence-corrected chi connectivity index (χ1v) is 17.1. The second-order valence-electron chi connectivity index (χ2n) is 12.6. The molecule has 0 amide bonds. The van der Waals surface area contributed by atoms with Gasteiger partial charge >= 0.3 is 0 Å². The lowest BCUT2D eigenvalue weighted by molar-refractivity contribution is 1.18. The molecule has 2 heteroatoms. The highest BCUT2D eigenvalue weighted by Crippen LogP contribution is 2.44. The monoisotopic (exact) mass is 638 g/mol. The molecule has 0 aliphatic heterocycles. The van der Waals surface area contributed by atoms with E-state index in [1.165, 1.54) is 44.1 Å². The Labute approximate surface area is 292 Å². The molecular formula is C48H34N2. The Balaban J connectivity index is 1.26. The molecule has 0 radical (unpaired) electrons. The normalized spacial score (nSPS) is 11.2. The molecule has 0 aliphatic carbocycles. The highest BCUT2D eigenvalue weighted by molar-refractivity contribution is 6.10. The van der Waals surface area contributed by atoms with Gasteiger partial charge < -0.3 is 9.47 Å². The van der Waals surface area contributed by atoms with Crippen molar-refractivity contribution in [2.24, 2.45) is 0 Å². The number of hydrogen-bond acceptors (Lipinski definition) is 1. The maximum Gasteiger partial charge on any atom is 0.0547 e. The van der Waals surface area contributed by atoms with Crippen LogP contribution >= 0.6 is 0 Å². The number of fused-ring (bicyclic) bond motifs is 3. The van der Waals surface area contributed by atoms with Crippen LogP contribution in [0.2, 0.25) is 0 Å². The summed E-state index contributed by atoms with van der Waals surface area (Å²) >= 11 is 0. The van der Waals surface area contributed by atoms with Crippen LogP contribution in [0.5, 0.6) is 0 Å². The Kier molecular flexibility index (Phi) is 7.53. The van der Waals surface area contributed by atoms with Crippen molar-refractivity contribution in [1.82, 2.24) is 4.57 Å². The fourth-order valence-corrected chi connectivity index (χ4v) is 7.24. The van der Waals surface area contributed by atoms with E-state index in [0.717, 1.165) is 33.9 Å². The van der Waals surface area contributed by atoms with Crippen LogP contribution in [0, 0.1) is 0 Å². The van der Waals surface area contributed by atoms with Gasteiger partial charge in [0.1, 0.15) is 0 Å². The summed E-state index contributed by atoms with van der Waals surface area (Å²) in [5, 5.41) is 2.50. The van der Waals surface area contributed by atoms with Crippen molar-refractivity contribution in [2.75, 3.05) is 4.90 Å². The van der Waals surface area contributed by atoms with Crippen molar-refractivity contribution in [2.45, 2.75) is 0 Å². The lowest BCUT2D eigenvalue weighted by Crippen LogP contribution is -2.11. The number of aromatic nitrogens is 1. The number of rotatable bonds is 7. The van der Waals surface area contributed by atoms with Crippen molar-refractivity contribution in [3.63, 3.8) is 0 Å². The molecule has 0 atom stereocenters. The second kappa shape index (κ2) is 12.8. The first-order valence-electron chi connectivity index (χ1n) is 17.1. The van der Waals surface area contributed by atoms with Gasteiger partial charge in [-0.2, -0.15) is 0 Å². The van der Waals surface area contributed by atoms with Gasteiger partial charge in [0.2, 0.25) is 0 Å². The number of hydrogen-bond donors (Lipinski definition) is 0. The third-order valence-electron chi connectivity index (χ3n) is 9.57. The zero-order valence-corrected chi connectivity index (χ0v) is 27.5. The summed E-state index contributed by atoms with van der Waals surface area (Å²) in [5.41, 5.74) is 13.9. The van der Waals surface area contributed by atoms with E-state index in [1.807, 2.05) is 0 Å². The van der Waals surface area contributed by atoms with E-state index in [4.69, 9.17) is 0 Å². The lowest BCUT2D eigenvalue weighted by atomic mass is 9.98. The first-order chi connectivity index (χ1) is 24.8. The molecule has 0 saturated heterocycles. The topological polar surface area (TPSA) is 8.17 Å². The van der Waals surface area contributed by atoms with Crippen molar-refractivity contribution in [3.8, 4) is 39.1 Å². The first kappa shape index (κ1) is 29.5.